The highest BCUT2D eigenvalue weighted by molar-refractivity contribution is 7.92. The van der Waals surface area contributed by atoms with Gasteiger partial charge in [-0.15, -0.1) is 0 Å². The highest BCUT2D eigenvalue weighted by atomic mass is 32.2. The van der Waals surface area contributed by atoms with Gasteiger partial charge >= 0.3 is 0 Å². The van der Waals surface area contributed by atoms with E-state index in [9.17, 15) is 13.2 Å². The van der Waals surface area contributed by atoms with Gasteiger partial charge in [0.25, 0.3) is 0 Å². The third kappa shape index (κ3) is 2.21. The molecule has 98 valence electrons. The summed E-state index contributed by atoms with van der Waals surface area (Å²) < 4.78 is 23.8. The molecule has 1 fully saturated rings. The predicted octanol–water partition coefficient (Wildman–Crippen LogP) is 1.96. The van der Waals surface area contributed by atoms with Crippen LogP contribution in [0.2, 0.25) is 0 Å². The molecular weight excluding hydrogens is 248 g/mol. The minimum Gasteiger partial charge on any atom is -0.303 e. The van der Waals surface area contributed by atoms with Crippen LogP contribution in [0.5, 0.6) is 0 Å². The molecule has 1 aliphatic carbocycles. The second kappa shape index (κ2) is 4.84. The van der Waals surface area contributed by atoms with Crippen molar-refractivity contribution in [2.24, 2.45) is 5.92 Å². The average Bonchev–Trinajstić information content (AvgIpc) is 3.14. The summed E-state index contributed by atoms with van der Waals surface area (Å²) in [6, 6.07) is 7.91. The summed E-state index contributed by atoms with van der Waals surface area (Å²) in [5.74, 6) is -0.397. The molecule has 3 nitrogen and oxygen atoms in total. The maximum Gasteiger partial charge on any atom is 0.154 e. The van der Waals surface area contributed by atoms with Gasteiger partial charge in [0.15, 0.2) is 9.84 Å². The van der Waals surface area contributed by atoms with Gasteiger partial charge in [0.1, 0.15) is 6.29 Å². The van der Waals surface area contributed by atoms with Crippen LogP contribution >= 0.6 is 0 Å². The monoisotopic (exact) mass is 266 g/mol. The van der Waals surface area contributed by atoms with Crippen molar-refractivity contribution in [1.29, 1.82) is 0 Å². The van der Waals surface area contributed by atoms with Crippen molar-refractivity contribution in [1.82, 2.24) is 0 Å². The van der Waals surface area contributed by atoms with Crippen LogP contribution in [0, 0.1) is 5.92 Å². The van der Waals surface area contributed by atoms with E-state index in [0.29, 0.717) is 0 Å². The minimum absolute atomic E-state index is 0.103. The Bertz CT molecular complexity index is 531. The molecule has 1 aromatic rings. The lowest BCUT2D eigenvalue weighted by atomic mass is 10.1. The lowest BCUT2D eigenvalue weighted by Crippen LogP contribution is -2.12. The van der Waals surface area contributed by atoms with E-state index in [1.165, 1.54) is 5.56 Å². The van der Waals surface area contributed by atoms with Gasteiger partial charge in [-0.05, 0) is 17.5 Å². The summed E-state index contributed by atoms with van der Waals surface area (Å²) >= 11 is 0. The molecule has 1 aliphatic rings. The molecule has 0 amide bonds. The smallest absolute Gasteiger partial charge is 0.154 e. The molecule has 0 unspecified atom stereocenters. The fraction of sp³-hybridized carbons (Fsp3) is 0.500. The van der Waals surface area contributed by atoms with Crippen LogP contribution in [0.3, 0.4) is 0 Å². The van der Waals surface area contributed by atoms with Crippen LogP contribution in [-0.4, -0.2) is 25.7 Å². The normalized spacial score (nSPS) is 26.9. The highest BCUT2D eigenvalue weighted by Gasteiger charge is 2.57. The molecule has 1 saturated carbocycles. The van der Waals surface area contributed by atoms with E-state index in [-0.39, 0.29) is 17.6 Å². The zero-order chi connectivity index (χ0) is 13.3. The first-order valence-corrected chi connectivity index (χ1v) is 8.02. The fourth-order valence-electron chi connectivity index (χ4n) is 2.51. The van der Waals surface area contributed by atoms with E-state index in [1.807, 2.05) is 24.3 Å². The molecule has 0 radical (unpaired) electrons. The standard InChI is InChI=1S/C14H18O3S/c1-3-10-5-7-11(8-6-10)13-12(9-15)14(13)18(16,17)4-2/h5-9,12-14H,3-4H2,1-2H3/t12-,13-,14+/m1/s1. The molecule has 2 rings (SSSR count). The molecule has 0 aliphatic heterocycles. The van der Waals surface area contributed by atoms with Gasteiger partial charge in [0.05, 0.1) is 5.25 Å². The van der Waals surface area contributed by atoms with E-state index in [4.69, 9.17) is 0 Å². The van der Waals surface area contributed by atoms with E-state index >= 15 is 0 Å². The van der Waals surface area contributed by atoms with Crippen molar-refractivity contribution in [3.63, 3.8) is 0 Å². The molecule has 3 atom stereocenters. The van der Waals surface area contributed by atoms with Crippen molar-refractivity contribution >= 4 is 16.1 Å². The van der Waals surface area contributed by atoms with Crippen LogP contribution in [0.15, 0.2) is 24.3 Å². The summed E-state index contributed by atoms with van der Waals surface area (Å²) in [5, 5.41) is -0.507. The number of hydrogen-bond acceptors (Lipinski definition) is 3. The lowest BCUT2D eigenvalue weighted by molar-refractivity contribution is -0.108. The Morgan fingerprint density at radius 2 is 1.78 bits per heavy atom. The van der Waals surface area contributed by atoms with Crippen molar-refractivity contribution in [2.45, 2.75) is 31.4 Å². The predicted molar refractivity (Wildman–Crippen MR) is 71.4 cm³/mol. The number of hydrogen-bond donors (Lipinski definition) is 0. The first-order chi connectivity index (χ1) is 8.55. The molecule has 0 saturated heterocycles. The van der Waals surface area contributed by atoms with E-state index in [1.54, 1.807) is 6.92 Å². The second-order valence-electron chi connectivity index (χ2n) is 4.75. The molecule has 0 heterocycles. The number of aldehydes is 1. The molecular formula is C14H18O3S. The number of sulfone groups is 1. The third-order valence-corrected chi connectivity index (χ3v) is 6.00. The maximum absolute atomic E-state index is 11.9. The molecule has 0 bridgehead atoms. The Labute approximate surface area is 108 Å². The van der Waals surface area contributed by atoms with Gasteiger partial charge in [-0.3, -0.25) is 0 Å². The Morgan fingerprint density at radius 3 is 2.22 bits per heavy atom. The van der Waals surface area contributed by atoms with Crippen LogP contribution in [-0.2, 0) is 21.1 Å². The topological polar surface area (TPSA) is 51.2 Å². The molecule has 0 spiro atoms. The summed E-state index contributed by atoms with van der Waals surface area (Å²) in [6.45, 7) is 3.71. The van der Waals surface area contributed by atoms with Crippen LogP contribution < -0.4 is 0 Å². The zero-order valence-electron chi connectivity index (χ0n) is 10.7. The van der Waals surface area contributed by atoms with Crippen LogP contribution in [0.4, 0.5) is 0 Å². The van der Waals surface area contributed by atoms with Crippen molar-refractivity contribution < 1.29 is 13.2 Å². The van der Waals surface area contributed by atoms with Gasteiger partial charge in [0.2, 0.25) is 0 Å². The number of aryl methyl sites for hydroxylation is 1. The second-order valence-corrected chi connectivity index (χ2v) is 7.20. The van der Waals surface area contributed by atoms with Crippen LogP contribution in [0.25, 0.3) is 0 Å². The van der Waals surface area contributed by atoms with E-state index in [0.717, 1.165) is 18.3 Å². The maximum atomic E-state index is 11.9. The zero-order valence-corrected chi connectivity index (χ0v) is 11.5. The number of benzene rings is 1. The van der Waals surface area contributed by atoms with E-state index < -0.39 is 15.1 Å². The Morgan fingerprint density at radius 1 is 1.17 bits per heavy atom. The molecule has 4 heteroatoms. The van der Waals surface area contributed by atoms with Crippen molar-refractivity contribution in [3.05, 3.63) is 35.4 Å². The van der Waals surface area contributed by atoms with Crippen molar-refractivity contribution in [2.75, 3.05) is 5.75 Å². The van der Waals surface area contributed by atoms with Crippen LogP contribution in [0.1, 0.15) is 30.9 Å². The summed E-state index contributed by atoms with van der Waals surface area (Å²) in [4.78, 5) is 11.0. The SMILES string of the molecule is CCc1ccc([C@@H]2[C@@H](C=O)[C@@H]2S(=O)(=O)CC)cc1. The summed E-state index contributed by atoms with van der Waals surface area (Å²) in [6.07, 6.45) is 1.75. The van der Waals surface area contributed by atoms with Crippen molar-refractivity contribution in [3.8, 4) is 0 Å². The van der Waals surface area contributed by atoms with Gasteiger partial charge < -0.3 is 4.79 Å². The van der Waals surface area contributed by atoms with Gasteiger partial charge in [0, 0.05) is 17.6 Å². The number of carbonyl (C=O) groups excluding carboxylic acids is 1. The van der Waals surface area contributed by atoms with Gasteiger partial charge in [-0.2, -0.15) is 0 Å². The highest BCUT2D eigenvalue weighted by Crippen LogP contribution is 2.51. The summed E-state index contributed by atoms with van der Waals surface area (Å²) in [5.41, 5.74) is 2.18. The third-order valence-electron chi connectivity index (χ3n) is 3.75. The number of carbonyl (C=O) groups is 1. The van der Waals surface area contributed by atoms with Gasteiger partial charge in [-0.25, -0.2) is 8.42 Å². The quantitative estimate of drug-likeness (QED) is 0.766. The Hall–Kier alpha value is -1.16. The average molecular weight is 266 g/mol. The first-order valence-electron chi connectivity index (χ1n) is 6.30. The minimum atomic E-state index is -3.13. The largest absolute Gasteiger partial charge is 0.303 e. The molecule has 18 heavy (non-hydrogen) atoms. The molecule has 0 aromatic heterocycles. The van der Waals surface area contributed by atoms with E-state index in [2.05, 4.69) is 6.92 Å². The fourth-order valence-corrected chi connectivity index (χ4v) is 4.30. The lowest BCUT2D eigenvalue weighted by Gasteiger charge is -2.02. The Kier molecular flexibility index (Phi) is 3.57. The Balaban J connectivity index is 2.26. The molecule has 1 aromatic carbocycles. The molecule has 0 N–H and O–H groups in total. The first kappa shape index (κ1) is 13.3. The summed E-state index contributed by atoms with van der Waals surface area (Å²) in [7, 11) is -3.13. The van der Waals surface area contributed by atoms with Gasteiger partial charge in [-0.1, -0.05) is 38.1 Å². The number of rotatable bonds is 5.